The van der Waals surface area contributed by atoms with Crippen molar-refractivity contribution in [2.24, 2.45) is 7.05 Å². The fraction of sp³-hybridized carbons (Fsp3) is 0.273. The number of amides is 1. The molecule has 2 rings (SSSR count). The van der Waals surface area contributed by atoms with Crippen LogP contribution in [-0.2, 0) is 18.4 Å². The van der Waals surface area contributed by atoms with Gasteiger partial charge in [-0.05, 0) is 17.7 Å². The van der Waals surface area contributed by atoms with Crippen molar-refractivity contribution in [1.82, 2.24) is 9.88 Å². The fourth-order valence-corrected chi connectivity index (χ4v) is 1.65. The average molecular weight is 252 g/mol. The number of rotatable bonds is 3. The fourth-order valence-electron chi connectivity index (χ4n) is 1.54. The Morgan fingerprint density at radius 1 is 1.53 bits per heavy atom. The summed E-state index contributed by atoms with van der Waals surface area (Å²) in [7, 11) is 1.64. The maximum Gasteiger partial charge on any atom is 0.419 e. The number of nitrogens with zero attached hydrogens (tertiary/aromatic N) is 1. The molecule has 1 heterocycles. The Morgan fingerprint density at radius 3 is 3.00 bits per heavy atom. The third kappa shape index (κ3) is 2.36. The van der Waals surface area contributed by atoms with Crippen molar-refractivity contribution in [3.05, 3.63) is 34.3 Å². The topological polar surface area (TPSA) is 64.2 Å². The first kappa shape index (κ1) is 11.8. The van der Waals surface area contributed by atoms with E-state index < -0.39 is 5.76 Å². The summed E-state index contributed by atoms with van der Waals surface area (Å²) in [4.78, 5) is 22.3. The van der Waals surface area contributed by atoms with E-state index in [1.807, 2.05) is 12.1 Å². The van der Waals surface area contributed by atoms with Crippen LogP contribution in [0.2, 0.25) is 0 Å². The Hall–Kier alpha value is -1.69. The molecule has 1 aromatic carbocycles. The van der Waals surface area contributed by atoms with Gasteiger partial charge in [-0.15, -0.1) is 0 Å². The number of benzene rings is 1. The van der Waals surface area contributed by atoms with E-state index in [0.717, 1.165) is 5.56 Å². The van der Waals surface area contributed by atoms with Crippen molar-refractivity contribution in [2.75, 3.05) is 5.75 Å². The number of carbonyl (C=O) groups is 1. The van der Waals surface area contributed by atoms with Gasteiger partial charge in [0.05, 0.1) is 11.3 Å². The lowest BCUT2D eigenvalue weighted by atomic mass is 10.2. The highest BCUT2D eigenvalue weighted by atomic mass is 32.1. The van der Waals surface area contributed by atoms with Gasteiger partial charge in [-0.1, -0.05) is 6.07 Å². The number of nitrogens with one attached hydrogen (secondary N) is 1. The Bertz CT molecular complexity index is 615. The molecule has 2 aromatic rings. The summed E-state index contributed by atoms with van der Waals surface area (Å²) >= 11 is 3.87. The van der Waals surface area contributed by atoms with E-state index >= 15 is 0 Å². The molecule has 0 aliphatic heterocycles. The molecule has 0 saturated carbocycles. The van der Waals surface area contributed by atoms with Crippen LogP contribution >= 0.6 is 12.6 Å². The van der Waals surface area contributed by atoms with Crippen molar-refractivity contribution in [3.63, 3.8) is 0 Å². The zero-order valence-electron chi connectivity index (χ0n) is 9.27. The smallest absolute Gasteiger partial charge is 0.408 e. The molecular weight excluding hydrogens is 240 g/mol. The molecule has 0 fully saturated rings. The van der Waals surface area contributed by atoms with Crippen LogP contribution in [0, 0.1) is 0 Å². The van der Waals surface area contributed by atoms with Crippen molar-refractivity contribution in [2.45, 2.75) is 6.54 Å². The van der Waals surface area contributed by atoms with E-state index in [2.05, 4.69) is 17.9 Å². The largest absolute Gasteiger partial charge is 0.419 e. The van der Waals surface area contributed by atoms with Gasteiger partial charge < -0.3 is 9.73 Å². The lowest BCUT2D eigenvalue weighted by Crippen LogP contribution is -2.23. The first-order valence-electron chi connectivity index (χ1n) is 5.08. The van der Waals surface area contributed by atoms with Gasteiger partial charge in [-0.3, -0.25) is 9.36 Å². The third-order valence-electron chi connectivity index (χ3n) is 2.49. The zero-order valence-corrected chi connectivity index (χ0v) is 10.2. The molecule has 0 spiro atoms. The minimum Gasteiger partial charge on any atom is -0.408 e. The second-order valence-corrected chi connectivity index (χ2v) is 3.98. The van der Waals surface area contributed by atoms with Crippen LogP contribution in [0.25, 0.3) is 11.1 Å². The molecule has 1 N–H and O–H groups in total. The van der Waals surface area contributed by atoms with Gasteiger partial charge >= 0.3 is 5.76 Å². The van der Waals surface area contributed by atoms with Gasteiger partial charge in [0.2, 0.25) is 5.91 Å². The molecule has 0 aliphatic rings. The molecule has 90 valence electrons. The van der Waals surface area contributed by atoms with Gasteiger partial charge in [-0.25, -0.2) is 4.79 Å². The molecule has 0 atom stereocenters. The van der Waals surface area contributed by atoms with E-state index in [-0.39, 0.29) is 11.7 Å². The number of aryl methyl sites for hydroxylation is 1. The number of aromatic nitrogens is 1. The molecular formula is C11H12N2O3S. The summed E-state index contributed by atoms with van der Waals surface area (Å²) in [5.41, 5.74) is 2.17. The van der Waals surface area contributed by atoms with Crippen LogP contribution in [0.3, 0.4) is 0 Å². The van der Waals surface area contributed by atoms with E-state index in [1.165, 1.54) is 4.57 Å². The van der Waals surface area contributed by atoms with E-state index in [1.54, 1.807) is 13.1 Å². The molecule has 17 heavy (non-hydrogen) atoms. The monoisotopic (exact) mass is 252 g/mol. The van der Waals surface area contributed by atoms with Gasteiger partial charge in [0.15, 0.2) is 5.58 Å². The predicted molar refractivity (Wildman–Crippen MR) is 67.2 cm³/mol. The van der Waals surface area contributed by atoms with Gasteiger partial charge in [-0.2, -0.15) is 12.6 Å². The summed E-state index contributed by atoms with van der Waals surface area (Å²) in [5.74, 6) is -0.363. The number of hydrogen-bond donors (Lipinski definition) is 2. The second kappa shape index (κ2) is 4.67. The Kier molecular flexibility index (Phi) is 3.23. The van der Waals surface area contributed by atoms with Gasteiger partial charge in [0, 0.05) is 13.6 Å². The highest BCUT2D eigenvalue weighted by molar-refractivity contribution is 7.81. The second-order valence-electron chi connectivity index (χ2n) is 3.66. The normalized spacial score (nSPS) is 10.7. The summed E-state index contributed by atoms with van der Waals surface area (Å²) in [5, 5.41) is 2.71. The van der Waals surface area contributed by atoms with Crippen LogP contribution < -0.4 is 11.1 Å². The highest BCUT2D eigenvalue weighted by Gasteiger charge is 2.06. The van der Waals surface area contributed by atoms with Crippen molar-refractivity contribution >= 4 is 29.6 Å². The zero-order chi connectivity index (χ0) is 12.4. The Balaban J connectivity index is 2.28. The lowest BCUT2D eigenvalue weighted by Gasteiger charge is -2.03. The molecule has 0 bridgehead atoms. The number of carbonyl (C=O) groups excluding carboxylic acids is 1. The molecule has 0 aliphatic carbocycles. The van der Waals surface area contributed by atoms with Crippen molar-refractivity contribution < 1.29 is 9.21 Å². The highest BCUT2D eigenvalue weighted by Crippen LogP contribution is 2.13. The number of oxazole rings is 1. The standard InChI is InChI=1S/C11H12N2O3S/c1-13-8-4-7(5-12-10(14)6-17)2-3-9(8)16-11(13)15/h2-4,17H,5-6H2,1H3,(H,12,14). The summed E-state index contributed by atoms with van der Waals surface area (Å²) in [6.07, 6.45) is 0. The van der Waals surface area contributed by atoms with E-state index in [0.29, 0.717) is 17.6 Å². The number of thiol groups is 1. The van der Waals surface area contributed by atoms with Gasteiger partial charge in [0.1, 0.15) is 0 Å². The quantitative estimate of drug-likeness (QED) is 0.789. The maximum atomic E-state index is 11.3. The van der Waals surface area contributed by atoms with Crippen LogP contribution in [0.15, 0.2) is 27.4 Å². The van der Waals surface area contributed by atoms with Crippen LogP contribution in [0.5, 0.6) is 0 Å². The van der Waals surface area contributed by atoms with Crippen molar-refractivity contribution in [3.8, 4) is 0 Å². The number of fused-ring (bicyclic) bond motifs is 1. The van der Waals surface area contributed by atoms with E-state index in [4.69, 9.17) is 4.42 Å². The SMILES string of the molecule is Cn1c(=O)oc2ccc(CNC(=O)CS)cc21. The molecule has 6 heteroatoms. The Labute approximate surface area is 103 Å². The number of hydrogen-bond acceptors (Lipinski definition) is 4. The minimum absolute atomic E-state index is 0.130. The first-order chi connectivity index (χ1) is 8.11. The predicted octanol–water partition coefficient (Wildman–Crippen LogP) is 0.677. The summed E-state index contributed by atoms with van der Waals surface area (Å²) in [6, 6.07) is 5.35. The molecule has 0 unspecified atom stereocenters. The van der Waals surface area contributed by atoms with Crippen molar-refractivity contribution in [1.29, 1.82) is 0 Å². The first-order valence-corrected chi connectivity index (χ1v) is 5.71. The summed E-state index contributed by atoms with van der Waals surface area (Å²) in [6.45, 7) is 0.411. The van der Waals surface area contributed by atoms with Gasteiger partial charge in [0.25, 0.3) is 0 Å². The molecule has 5 nitrogen and oxygen atoms in total. The summed E-state index contributed by atoms with van der Waals surface area (Å²) < 4.78 is 6.44. The molecule has 1 amide bonds. The minimum atomic E-state index is -0.392. The lowest BCUT2D eigenvalue weighted by molar-refractivity contribution is -0.118. The Morgan fingerprint density at radius 2 is 2.29 bits per heavy atom. The molecule has 1 aromatic heterocycles. The maximum absolute atomic E-state index is 11.3. The third-order valence-corrected chi connectivity index (χ3v) is 2.78. The van der Waals surface area contributed by atoms with E-state index in [9.17, 15) is 9.59 Å². The molecule has 0 radical (unpaired) electrons. The van der Waals surface area contributed by atoms with Crippen LogP contribution in [0.4, 0.5) is 0 Å². The molecule has 0 saturated heterocycles. The van der Waals surface area contributed by atoms with Crippen LogP contribution in [-0.4, -0.2) is 16.2 Å². The van der Waals surface area contributed by atoms with Crippen LogP contribution in [0.1, 0.15) is 5.56 Å². The average Bonchev–Trinajstić information content (AvgIpc) is 2.62.